The molecule has 0 radical (unpaired) electrons. The number of nitrogens with one attached hydrogen (secondary N) is 1. The zero-order valence-corrected chi connectivity index (χ0v) is 17.3. The Morgan fingerprint density at radius 1 is 1.12 bits per heavy atom. The molecule has 0 aromatic heterocycles. The van der Waals surface area contributed by atoms with Crippen molar-refractivity contribution < 1.29 is 9.53 Å². The predicted molar refractivity (Wildman–Crippen MR) is 110 cm³/mol. The number of thioether (sulfide) groups is 1. The molecule has 1 N–H and O–H groups in total. The second kappa shape index (κ2) is 9.33. The highest BCUT2D eigenvalue weighted by molar-refractivity contribution is 7.99. The second-order valence-electron chi connectivity index (χ2n) is 7.13. The third kappa shape index (κ3) is 6.58. The molecule has 0 saturated carbocycles. The standard InChI is InChI=1S/C21H26ClNO2S/c1-15(25-18-9-5-16(6-10-18)21(2,3)4)20(24)23-13-14-26-19-11-7-17(22)8-12-19/h5-12,15H,13-14H2,1-4H3,(H,23,24). The van der Waals surface area contributed by atoms with Crippen LogP contribution in [0.1, 0.15) is 33.3 Å². The van der Waals surface area contributed by atoms with Gasteiger partial charge in [-0.05, 0) is 54.3 Å². The molecule has 140 valence electrons. The molecule has 0 saturated heterocycles. The van der Waals surface area contributed by atoms with Gasteiger partial charge >= 0.3 is 0 Å². The maximum absolute atomic E-state index is 12.2. The molecule has 0 aliphatic rings. The van der Waals surface area contributed by atoms with Crippen LogP contribution in [0.3, 0.4) is 0 Å². The molecule has 26 heavy (non-hydrogen) atoms. The van der Waals surface area contributed by atoms with Crippen LogP contribution < -0.4 is 10.1 Å². The summed E-state index contributed by atoms with van der Waals surface area (Å²) in [6.45, 7) is 8.85. The van der Waals surface area contributed by atoms with E-state index in [1.807, 2.05) is 48.5 Å². The van der Waals surface area contributed by atoms with E-state index in [9.17, 15) is 4.79 Å². The van der Waals surface area contributed by atoms with Gasteiger partial charge in [-0.2, -0.15) is 0 Å². The van der Waals surface area contributed by atoms with Crippen LogP contribution in [0, 0.1) is 0 Å². The Balaban J connectivity index is 1.74. The van der Waals surface area contributed by atoms with Crippen LogP contribution >= 0.6 is 23.4 Å². The van der Waals surface area contributed by atoms with E-state index in [-0.39, 0.29) is 11.3 Å². The Hall–Kier alpha value is -1.65. The zero-order valence-electron chi connectivity index (χ0n) is 15.7. The fourth-order valence-electron chi connectivity index (χ4n) is 2.31. The minimum atomic E-state index is -0.531. The first kappa shape index (κ1) is 20.7. The van der Waals surface area contributed by atoms with E-state index < -0.39 is 6.10 Å². The number of halogens is 1. The summed E-state index contributed by atoms with van der Waals surface area (Å²) in [4.78, 5) is 13.3. The highest BCUT2D eigenvalue weighted by Crippen LogP contribution is 2.24. The first-order chi connectivity index (χ1) is 12.3. The largest absolute Gasteiger partial charge is 0.481 e. The highest BCUT2D eigenvalue weighted by atomic mass is 35.5. The molecule has 5 heteroatoms. The molecular formula is C21H26ClNO2S. The summed E-state index contributed by atoms with van der Waals surface area (Å²) in [6.07, 6.45) is -0.531. The monoisotopic (exact) mass is 391 g/mol. The molecule has 3 nitrogen and oxygen atoms in total. The molecule has 2 rings (SSSR count). The predicted octanol–water partition coefficient (Wildman–Crippen LogP) is 5.31. The number of hydrogen-bond acceptors (Lipinski definition) is 3. The Bertz CT molecular complexity index is 708. The smallest absolute Gasteiger partial charge is 0.260 e. The van der Waals surface area contributed by atoms with Crippen molar-refractivity contribution in [1.82, 2.24) is 5.32 Å². The number of carbonyl (C=O) groups excluding carboxylic acids is 1. The van der Waals surface area contributed by atoms with Gasteiger partial charge in [-0.15, -0.1) is 11.8 Å². The Labute approximate surface area is 165 Å². The number of rotatable bonds is 7. The molecule has 2 aromatic carbocycles. The molecular weight excluding hydrogens is 366 g/mol. The number of benzene rings is 2. The molecule has 0 fully saturated rings. The van der Waals surface area contributed by atoms with E-state index in [4.69, 9.17) is 16.3 Å². The molecule has 0 spiro atoms. The van der Waals surface area contributed by atoms with Crippen LogP contribution in [0.5, 0.6) is 5.75 Å². The summed E-state index contributed by atoms with van der Waals surface area (Å²) < 4.78 is 5.74. The Morgan fingerprint density at radius 3 is 2.31 bits per heavy atom. The van der Waals surface area contributed by atoms with Gasteiger partial charge in [0.1, 0.15) is 5.75 Å². The van der Waals surface area contributed by atoms with E-state index in [0.29, 0.717) is 12.3 Å². The first-order valence-corrected chi connectivity index (χ1v) is 10.1. The number of ether oxygens (including phenoxy) is 1. The first-order valence-electron chi connectivity index (χ1n) is 8.69. The highest BCUT2D eigenvalue weighted by Gasteiger charge is 2.16. The van der Waals surface area contributed by atoms with Crippen molar-refractivity contribution in [3.63, 3.8) is 0 Å². The number of carbonyl (C=O) groups is 1. The van der Waals surface area contributed by atoms with Crippen molar-refractivity contribution in [1.29, 1.82) is 0 Å². The SMILES string of the molecule is CC(Oc1ccc(C(C)(C)C)cc1)C(=O)NCCSc1ccc(Cl)cc1. The van der Waals surface area contributed by atoms with Crippen LogP contribution in [0.4, 0.5) is 0 Å². The summed E-state index contributed by atoms with van der Waals surface area (Å²) >= 11 is 7.54. The fourth-order valence-corrected chi connectivity index (χ4v) is 3.20. The van der Waals surface area contributed by atoms with E-state index >= 15 is 0 Å². The van der Waals surface area contributed by atoms with Crippen molar-refractivity contribution in [3.05, 3.63) is 59.1 Å². The number of amides is 1. The van der Waals surface area contributed by atoms with E-state index in [1.54, 1.807) is 18.7 Å². The van der Waals surface area contributed by atoms with Gasteiger partial charge in [0.2, 0.25) is 0 Å². The van der Waals surface area contributed by atoms with Crippen LogP contribution in [-0.2, 0) is 10.2 Å². The third-order valence-electron chi connectivity index (χ3n) is 3.89. The van der Waals surface area contributed by atoms with Crippen molar-refractivity contribution in [2.75, 3.05) is 12.3 Å². The zero-order chi connectivity index (χ0) is 19.2. The molecule has 0 aliphatic heterocycles. The van der Waals surface area contributed by atoms with Crippen molar-refractivity contribution in [3.8, 4) is 5.75 Å². The van der Waals surface area contributed by atoms with Gasteiger partial charge in [-0.1, -0.05) is 44.5 Å². The normalized spacial score (nSPS) is 12.5. The Kier molecular flexibility index (Phi) is 7.42. The summed E-state index contributed by atoms with van der Waals surface area (Å²) in [6, 6.07) is 15.6. The molecule has 1 amide bonds. The van der Waals surface area contributed by atoms with Crippen LogP contribution in [0.15, 0.2) is 53.4 Å². The van der Waals surface area contributed by atoms with Gasteiger partial charge < -0.3 is 10.1 Å². The molecule has 1 unspecified atom stereocenters. The summed E-state index contributed by atoms with van der Waals surface area (Å²) in [5.41, 5.74) is 1.34. The molecule has 0 bridgehead atoms. The van der Waals surface area contributed by atoms with Gasteiger partial charge in [-0.25, -0.2) is 0 Å². The van der Waals surface area contributed by atoms with Gasteiger partial charge in [-0.3, -0.25) is 4.79 Å². The van der Waals surface area contributed by atoms with Gasteiger partial charge in [0.05, 0.1) is 0 Å². The van der Waals surface area contributed by atoms with Crippen molar-refractivity contribution >= 4 is 29.3 Å². The van der Waals surface area contributed by atoms with E-state index in [0.717, 1.165) is 15.7 Å². The van der Waals surface area contributed by atoms with Crippen LogP contribution in [0.2, 0.25) is 5.02 Å². The maximum atomic E-state index is 12.2. The maximum Gasteiger partial charge on any atom is 0.260 e. The quantitative estimate of drug-likeness (QED) is 0.513. The van der Waals surface area contributed by atoms with E-state index in [1.165, 1.54) is 5.56 Å². The van der Waals surface area contributed by atoms with Crippen LogP contribution in [0.25, 0.3) is 0 Å². The van der Waals surface area contributed by atoms with Crippen LogP contribution in [-0.4, -0.2) is 24.3 Å². The van der Waals surface area contributed by atoms with Gasteiger partial charge in [0, 0.05) is 22.2 Å². The van der Waals surface area contributed by atoms with E-state index in [2.05, 4.69) is 26.1 Å². The Morgan fingerprint density at radius 2 is 1.73 bits per heavy atom. The molecule has 1 atom stereocenters. The van der Waals surface area contributed by atoms with Crippen molar-refractivity contribution in [2.24, 2.45) is 0 Å². The fraction of sp³-hybridized carbons (Fsp3) is 0.381. The lowest BCUT2D eigenvalue weighted by molar-refractivity contribution is -0.127. The lowest BCUT2D eigenvalue weighted by Gasteiger charge is -2.20. The minimum Gasteiger partial charge on any atom is -0.481 e. The van der Waals surface area contributed by atoms with Crippen molar-refractivity contribution in [2.45, 2.75) is 44.1 Å². The molecule has 0 aliphatic carbocycles. The summed E-state index contributed by atoms with van der Waals surface area (Å²) in [5, 5.41) is 3.64. The topological polar surface area (TPSA) is 38.3 Å². The lowest BCUT2D eigenvalue weighted by atomic mass is 9.87. The number of hydrogen-bond donors (Lipinski definition) is 1. The summed E-state index contributed by atoms with van der Waals surface area (Å²) in [7, 11) is 0. The average molecular weight is 392 g/mol. The third-order valence-corrected chi connectivity index (χ3v) is 5.15. The van der Waals surface area contributed by atoms with Gasteiger partial charge in [0.15, 0.2) is 6.10 Å². The van der Waals surface area contributed by atoms with Gasteiger partial charge in [0.25, 0.3) is 5.91 Å². The molecule has 0 heterocycles. The minimum absolute atomic E-state index is 0.100. The average Bonchev–Trinajstić information content (AvgIpc) is 2.59. The molecule has 2 aromatic rings. The second-order valence-corrected chi connectivity index (χ2v) is 8.73. The summed E-state index contributed by atoms with van der Waals surface area (Å²) in [5.74, 6) is 1.39. The lowest BCUT2D eigenvalue weighted by Crippen LogP contribution is -2.37.